The molecule has 3 heterocycles. The fourth-order valence-electron chi connectivity index (χ4n) is 3.41. The number of nitrogens with zero attached hydrogens (tertiary/aromatic N) is 5. The van der Waals surface area contributed by atoms with Crippen LogP contribution in [0.4, 0.5) is 10.6 Å². The van der Waals surface area contributed by atoms with Gasteiger partial charge in [0.25, 0.3) is 0 Å². The fraction of sp³-hybridized carbons (Fsp3) is 0.368. The number of hydrogen-bond donors (Lipinski definition) is 1. The second-order valence-corrected chi connectivity index (χ2v) is 6.55. The Labute approximate surface area is 162 Å². The maximum Gasteiger partial charge on any atom is 0.331 e. The average molecular weight is 382 g/mol. The smallest absolute Gasteiger partial charge is 0.331 e. The van der Waals surface area contributed by atoms with Crippen molar-refractivity contribution in [2.45, 2.75) is 6.42 Å². The van der Waals surface area contributed by atoms with Gasteiger partial charge in [-0.2, -0.15) is 5.10 Å². The molecule has 3 amide bonds. The molecular weight excluding hydrogens is 360 g/mol. The van der Waals surface area contributed by atoms with Gasteiger partial charge >= 0.3 is 6.03 Å². The van der Waals surface area contributed by atoms with E-state index in [1.165, 1.54) is 4.90 Å². The summed E-state index contributed by atoms with van der Waals surface area (Å²) in [5, 5.41) is 7.26. The molecule has 1 N–H and O–H groups in total. The summed E-state index contributed by atoms with van der Waals surface area (Å²) in [7, 11) is 1.57. The van der Waals surface area contributed by atoms with Crippen molar-refractivity contribution in [1.82, 2.24) is 20.0 Å². The monoisotopic (exact) mass is 382 g/mol. The molecule has 0 saturated heterocycles. The number of amides is 3. The Morgan fingerprint density at radius 1 is 1.29 bits per heavy atom. The average Bonchev–Trinajstić information content (AvgIpc) is 3.17. The number of amidine groups is 1. The summed E-state index contributed by atoms with van der Waals surface area (Å²) in [5.74, 6) is 0.939. The molecular formula is C19H22N6O3. The van der Waals surface area contributed by atoms with Gasteiger partial charge in [-0.25, -0.2) is 9.48 Å². The van der Waals surface area contributed by atoms with Crippen LogP contribution in [0.1, 0.15) is 12.0 Å². The third-order valence-electron chi connectivity index (χ3n) is 4.69. The van der Waals surface area contributed by atoms with Crippen molar-refractivity contribution in [3.8, 4) is 5.69 Å². The maximum absolute atomic E-state index is 13.2. The highest BCUT2D eigenvalue weighted by atomic mass is 16.5. The van der Waals surface area contributed by atoms with Crippen LogP contribution in [0.25, 0.3) is 5.69 Å². The van der Waals surface area contributed by atoms with E-state index in [-0.39, 0.29) is 18.5 Å². The van der Waals surface area contributed by atoms with Crippen LogP contribution < -0.4 is 10.2 Å². The van der Waals surface area contributed by atoms with Crippen molar-refractivity contribution in [2.24, 2.45) is 4.99 Å². The van der Waals surface area contributed by atoms with Crippen LogP contribution in [0.2, 0.25) is 0 Å². The number of carbonyl (C=O) groups is 2. The molecule has 2 aromatic rings. The molecule has 1 aromatic heterocycles. The van der Waals surface area contributed by atoms with Crippen molar-refractivity contribution >= 4 is 23.6 Å². The first kappa shape index (κ1) is 18.2. The molecule has 1 aromatic carbocycles. The van der Waals surface area contributed by atoms with Crippen LogP contribution in [0.5, 0.6) is 0 Å². The Kier molecular flexibility index (Phi) is 5.07. The van der Waals surface area contributed by atoms with Crippen molar-refractivity contribution in [3.63, 3.8) is 0 Å². The number of aromatic nitrogens is 2. The van der Waals surface area contributed by atoms with E-state index in [4.69, 9.17) is 4.74 Å². The van der Waals surface area contributed by atoms with Crippen molar-refractivity contribution in [1.29, 1.82) is 0 Å². The summed E-state index contributed by atoms with van der Waals surface area (Å²) in [5.41, 5.74) is 1.57. The number of ether oxygens (including phenoxy) is 1. The van der Waals surface area contributed by atoms with Gasteiger partial charge in [0.2, 0.25) is 5.91 Å². The molecule has 146 valence electrons. The van der Waals surface area contributed by atoms with Gasteiger partial charge in [0.1, 0.15) is 12.4 Å². The molecule has 4 rings (SSSR count). The first-order chi connectivity index (χ1) is 13.7. The van der Waals surface area contributed by atoms with Gasteiger partial charge in [-0.05, 0) is 18.6 Å². The highest BCUT2D eigenvalue weighted by Gasteiger charge is 2.40. The molecule has 0 saturated carbocycles. The molecule has 2 aliphatic heterocycles. The van der Waals surface area contributed by atoms with Gasteiger partial charge < -0.3 is 10.1 Å². The van der Waals surface area contributed by atoms with Crippen LogP contribution in [0, 0.1) is 0 Å². The molecule has 0 atom stereocenters. The zero-order valence-corrected chi connectivity index (χ0v) is 15.7. The minimum absolute atomic E-state index is 0.0994. The van der Waals surface area contributed by atoms with Gasteiger partial charge in [-0.15, -0.1) is 0 Å². The van der Waals surface area contributed by atoms with E-state index >= 15 is 0 Å². The lowest BCUT2D eigenvalue weighted by Gasteiger charge is -2.37. The maximum atomic E-state index is 13.2. The molecule has 0 spiro atoms. The lowest BCUT2D eigenvalue weighted by atomic mass is 10.1. The van der Waals surface area contributed by atoms with E-state index in [9.17, 15) is 9.59 Å². The molecule has 0 unspecified atom stereocenters. The SMILES string of the molecule is COCCNC(=O)CN1C(=O)N2CCCN=C2c2cnn(-c3ccccc3)c21. The highest BCUT2D eigenvalue weighted by molar-refractivity contribution is 6.19. The number of urea groups is 1. The van der Waals surface area contributed by atoms with Crippen LogP contribution in [-0.4, -0.2) is 72.4 Å². The van der Waals surface area contributed by atoms with E-state index in [2.05, 4.69) is 15.4 Å². The minimum atomic E-state index is -0.259. The fourth-order valence-corrected chi connectivity index (χ4v) is 3.41. The van der Waals surface area contributed by atoms with Crippen molar-refractivity contribution < 1.29 is 14.3 Å². The Bertz CT molecular complexity index is 908. The summed E-state index contributed by atoms with van der Waals surface area (Å²) in [6.45, 7) is 1.95. The van der Waals surface area contributed by atoms with Crippen molar-refractivity contribution in [3.05, 3.63) is 42.1 Å². The van der Waals surface area contributed by atoms with Crippen molar-refractivity contribution in [2.75, 3.05) is 44.8 Å². The largest absolute Gasteiger partial charge is 0.383 e. The predicted molar refractivity (Wildman–Crippen MR) is 104 cm³/mol. The number of benzene rings is 1. The zero-order chi connectivity index (χ0) is 19.5. The standard InChI is InChI=1S/C19H22N6O3/c1-28-11-9-20-16(26)13-24-18-15(17-21-8-5-10-23(17)19(24)27)12-22-25(18)14-6-3-2-4-7-14/h2-4,6-7,12H,5,8-11,13H2,1H3,(H,20,26). The third kappa shape index (κ3) is 3.24. The number of para-hydroxylation sites is 1. The molecule has 0 bridgehead atoms. The Balaban J connectivity index is 1.73. The summed E-state index contributed by atoms with van der Waals surface area (Å²) >= 11 is 0. The highest BCUT2D eigenvalue weighted by Crippen LogP contribution is 2.32. The van der Waals surface area contributed by atoms with Gasteiger partial charge in [-0.3, -0.25) is 19.6 Å². The summed E-state index contributed by atoms with van der Waals surface area (Å²) in [6, 6.07) is 9.28. The number of aliphatic imine (C=N–C) groups is 1. The predicted octanol–water partition coefficient (Wildman–Crippen LogP) is 1.03. The zero-order valence-electron chi connectivity index (χ0n) is 15.7. The Hall–Kier alpha value is -3.20. The molecule has 0 radical (unpaired) electrons. The number of nitrogens with one attached hydrogen (secondary N) is 1. The quantitative estimate of drug-likeness (QED) is 0.756. The number of rotatable bonds is 6. The Morgan fingerprint density at radius 3 is 2.89 bits per heavy atom. The topological polar surface area (TPSA) is 92.1 Å². The minimum Gasteiger partial charge on any atom is -0.383 e. The summed E-state index contributed by atoms with van der Waals surface area (Å²) in [6.07, 6.45) is 2.51. The molecule has 28 heavy (non-hydrogen) atoms. The first-order valence-electron chi connectivity index (χ1n) is 9.23. The van der Waals surface area contributed by atoms with Crippen LogP contribution in [0.15, 0.2) is 41.5 Å². The molecule has 0 aliphatic carbocycles. The number of fused-ring (bicyclic) bond motifs is 3. The van der Waals surface area contributed by atoms with Gasteiger partial charge in [0, 0.05) is 26.7 Å². The van der Waals surface area contributed by atoms with Crippen LogP contribution in [-0.2, 0) is 9.53 Å². The Morgan fingerprint density at radius 2 is 2.11 bits per heavy atom. The summed E-state index contributed by atoms with van der Waals surface area (Å²) in [4.78, 5) is 33.3. The number of carbonyl (C=O) groups excluding carboxylic acids is 2. The van der Waals surface area contributed by atoms with E-state index in [0.717, 1.165) is 17.7 Å². The van der Waals surface area contributed by atoms with Gasteiger partial charge in [-0.1, -0.05) is 18.2 Å². The van der Waals surface area contributed by atoms with Crippen LogP contribution >= 0.6 is 0 Å². The van der Waals surface area contributed by atoms with Crippen LogP contribution in [0.3, 0.4) is 0 Å². The lowest BCUT2D eigenvalue weighted by Crippen LogP contribution is -2.55. The second-order valence-electron chi connectivity index (χ2n) is 6.55. The number of anilines is 1. The normalized spacial score (nSPS) is 15.8. The van der Waals surface area contributed by atoms with E-state index < -0.39 is 0 Å². The number of methoxy groups -OCH3 is 1. The molecule has 9 heteroatoms. The third-order valence-corrected chi connectivity index (χ3v) is 4.69. The van der Waals surface area contributed by atoms with E-state index in [1.54, 1.807) is 22.9 Å². The van der Waals surface area contributed by atoms with Gasteiger partial charge in [0.05, 0.1) is 24.1 Å². The van der Waals surface area contributed by atoms with E-state index in [1.807, 2.05) is 30.3 Å². The van der Waals surface area contributed by atoms with E-state index in [0.29, 0.717) is 37.9 Å². The number of hydrogen-bond acceptors (Lipinski definition) is 5. The van der Waals surface area contributed by atoms with Gasteiger partial charge in [0.15, 0.2) is 5.82 Å². The lowest BCUT2D eigenvalue weighted by molar-refractivity contribution is -0.119. The molecule has 9 nitrogen and oxygen atoms in total. The molecule has 2 aliphatic rings. The second kappa shape index (κ2) is 7.81. The summed E-state index contributed by atoms with van der Waals surface area (Å²) < 4.78 is 6.65. The molecule has 0 fully saturated rings. The first-order valence-corrected chi connectivity index (χ1v) is 9.23.